The molecular weight excluding hydrogens is 767 g/mol. The summed E-state index contributed by atoms with van der Waals surface area (Å²) < 4.78 is 9.24. The second kappa shape index (κ2) is 12.8. The van der Waals surface area contributed by atoms with Crippen molar-refractivity contribution >= 4 is 43.7 Å². The van der Waals surface area contributed by atoms with Gasteiger partial charge >= 0.3 is 0 Å². The van der Waals surface area contributed by atoms with Crippen LogP contribution in [-0.4, -0.2) is 14.5 Å². The van der Waals surface area contributed by atoms with E-state index in [1.165, 1.54) is 49.9 Å². The lowest BCUT2D eigenvalue weighted by Crippen LogP contribution is -2.25. The van der Waals surface area contributed by atoms with Crippen molar-refractivity contribution < 1.29 is 4.42 Å². The van der Waals surface area contributed by atoms with Crippen LogP contribution in [0.5, 0.6) is 0 Å². The number of furan rings is 1. The minimum absolute atomic E-state index is 0.435. The Balaban J connectivity index is 1.01. The molecule has 2 aliphatic carbocycles. The van der Waals surface area contributed by atoms with E-state index < -0.39 is 5.41 Å². The lowest BCUT2D eigenvalue weighted by Gasteiger charge is -2.30. The van der Waals surface area contributed by atoms with Gasteiger partial charge in [-0.25, -0.2) is 9.97 Å². The Kier molecular flexibility index (Phi) is 7.01. The number of para-hydroxylation sites is 1. The highest BCUT2D eigenvalue weighted by molar-refractivity contribution is 6.16. The van der Waals surface area contributed by atoms with E-state index in [-0.39, 0.29) is 0 Å². The van der Waals surface area contributed by atoms with E-state index in [0.29, 0.717) is 5.82 Å². The van der Waals surface area contributed by atoms with Crippen molar-refractivity contribution in [1.29, 1.82) is 0 Å². The molecule has 0 fully saturated rings. The van der Waals surface area contributed by atoms with Gasteiger partial charge in [0.2, 0.25) is 0 Å². The van der Waals surface area contributed by atoms with E-state index in [1.54, 1.807) is 0 Å². The highest BCUT2D eigenvalue weighted by atomic mass is 16.3. The molecule has 0 saturated carbocycles. The topological polar surface area (TPSA) is 43.9 Å². The van der Waals surface area contributed by atoms with Gasteiger partial charge in [0.1, 0.15) is 17.0 Å². The van der Waals surface area contributed by atoms with Crippen molar-refractivity contribution in [3.05, 3.63) is 235 Å². The van der Waals surface area contributed by atoms with Crippen LogP contribution in [0.4, 0.5) is 0 Å². The number of aromatic nitrogens is 3. The monoisotopic (exact) mass is 801 g/mol. The normalized spacial score (nSPS) is 13.2. The summed E-state index contributed by atoms with van der Waals surface area (Å²) in [5, 5.41) is 4.56. The van der Waals surface area contributed by atoms with Crippen molar-refractivity contribution in [3.8, 4) is 61.8 Å². The molecule has 0 amide bonds. The molecule has 63 heavy (non-hydrogen) atoms. The van der Waals surface area contributed by atoms with Gasteiger partial charge in [0.25, 0.3) is 0 Å². The summed E-state index contributed by atoms with van der Waals surface area (Å²) in [5.41, 5.74) is 19.0. The molecule has 9 aromatic carbocycles. The first kappa shape index (κ1) is 34.4. The maximum atomic E-state index is 6.93. The molecule has 4 nitrogen and oxygen atoms in total. The van der Waals surface area contributed by atoms with Gasteiger partial charge in [-0.05, 0) is 86.0 Å². The van der Waals surface area contributed by atoms with Crippen LogP contribution >= 0.6 is 0 Å². The third-order valence-electron chi connectivity index (χ3n) is 13.6. The summed E-state index contributed by atoms with van der Waals surface area (Å²) in [4.78, 5) is 10.4. The molecule has 292 valence electrons. The smallest absolute Gasteiger partial charge is 0.162 e. The van der Waals surface area contributed by atoms with E-state index in [1.807, 2.05) is 24.3 Å². The standard InChI is InChI=1S/C59H35N3O/c1-3-16-36(17-4-1)51-35-56(61-58(60-51)37-18-5-2-6-19-37)62-52-28-14-10-23-43(52)44-31-30-38(32-53(44)62)39-24-15-29-54-57(39)46-33-45-42-22-9-13-27-49(42)59(50(45)34-55(46)63-54)47-25-11-7-20-40(47)41-21-8-12-26-48(41)59/h1-35H. The number of benzene rings is 9. The number of fused-ring (bicyclic) bond motifs is 16. The molecule has 0 atom stereocenters. The van der Waals surface area contributed by atoms with Crippen molar-refractivity contribution in [3.63, 3.8) is 0 Å². The summed E-state index contributed by atoms with van der Waals surface area (Å²) in [6.07, 6.45) is 0. The van der Waals surface area contributed by atoms with Gasteiger partial charge in [-0.15, -0.1) is 0 Å². The molecular formula is C59H35N3O. The zero-order valence-corrected chi connectivity index (χ0v) is 34.0. The van der Waals surface area contributed by atoms with Crippen LogP contribution in [0.3, 0.4) is 0 Å². The molecule has 0 bridgehead atoms. The van der Waals surface area contributed by atoms with Gasteiger partial charge < -0.3 is 4.42 Å². The highest BCUT2D eigenvalue weighted by Crippen LogP contribution is 2.63. The molecule has 0 aliphatic heterocycles. The third kappa shape index (κ3) is 4.69. The molecule has 0 unspecified atom stereocenters. The molecule has 0 N–H and O–H groups in total. The Hall–Kier alpha value is -8.34. The first-order chi connectivity index (χ1) is 31.2. The molecule has 4 heteroatoms. The lowest BCUT2D eigenvalue weighted by molar-refractivity contribution is 0.666. The van der Waals surface area contributed by atoms with Crippen LogP contribution in [0.1, 0.15) is 22.3 Å². The summed E-state index contributed by atoms with van der Waals surface area (Å²) >= 11 is 0. The quantitative estimate of drug-likeness (QED) is 0.178. The predicted molar refractivity (Wildman–Crippen MR) is 256 cm³/mol. The maximum Gasteiger partial charge on any atom is 0.162 e. The predicted octanol–water partition coefficient (Wildman–Crippen LogP) is 14.8. The van der Waals surface area contributed by atoms with Crippen LogP contribution in [0.2, 0.25) is 0 Å². The van der Waals surface area contributed by atoms with Crippen LogP contribution in [0.15, 0.2) is 217 Å². The lowest BCUT2D eigenvalue weighted by atomic mass is 9.70. The third-order valence-corrected chi connectivity index (χ3v) is 13.6. The minimum atomic E-state index is -0.435. The van der Waals surface area contributed by atoms with Crippen LogP contribution in [0.25, 0.3) is 106 Å². The molecule has 14 rings (SSSR count). The zero-order valence-electron chi connectivity index (χ0n) is 34.0. The van der Waals surface area contributed by atoms with Gasteiger partial charge in [0, 0.05) is 38.7 Å². The fourth-order valence-corrected chi connectivity index (χ4v) is 11.1. The van der Waals surface area contributed by atoms with Gasteiger partial charge in [0.05, 0.1) is 22.1 Å². The minimum Gasteiger partial charge on any atom is -0.456 e. The molecule has 0 radical (unpaired) electrons. The molecule has 2 aliphatic rings. The molecule has 3 aromatic heterocycles. The Morgan fingerprint density at radius 3 is 1.70 bits per heavy atom. The second-order valence-corrected chi connectivity index (χ2v) is 16.8. The SMILES string of the molecule is c1ccc(-c2cc(-n3c4ccccc4c4ccc(-c5cccc6oc7cc8c(cc7c56)-c5ccccc5C85c6ccccc6-c6ccccc65)cc43)nc(-c3ccccc3)n2)cc1. The summed E-state index contributed by atoms with van der Waals surface area (Å²) in [7, 11) is 0. The van der Waals surface area contributed by atoms with Crippen molar-refractivity contribution in [1.82, 2.24) is 14.5 Å². The Bertz CT molecular complexity index is 3760. The average molecular weight is 802 g/mol. The van der Waals surface area contributed by atoms with E-state index in [9.17, 15) is 0 Å². The van der Waals surface area contributed by atoms with Gasteiger partial charge in [-0.3, -0.25) is 4.57 Å². The first-order valence-electron chi connectivity index (χ1n) is 21.6. The Labute approximate surface area is 363 Å². The highest BCUT2D eigenvalue weighted by Gasteiger charge is 2.51. The Morgan fingerprint density at radius 1 is 0.365 bits per heavy atom. The van der Waals surface area contributed by atoms with Crippen LogP contribution < -0.4 is 0 Å². The van der Waals surface area contributed by atoms with E-state index in [2.05, 4.69) is 193 Å². The summed E-state index contributed by atoms with van der Waals surface area (Å²) in [6, 6.07) is 76.4. The van der Waals surface area contributed by atoms with Gasteiger partial charge in [-0.1, -0.05) is 176 Å². The van der Waals surface area contributed by atoms with E-state index in [0.717, 1.165) is 72.1 Å². The maximum absolute atomic E-state index is 6.93. The van der Waals surface area contributed by atoms with Crippen molar-refractivity contribution in [2.45, 2.75) is 5.41 Å². The van der Waals surface area contributed by atoms with Gasteiger partial charge in [-0.2, -0.15) is 0 Å². The van der Waals surface area contributed by atoms with Gasteiger partial charge in [0.15, 0.2) is 5.82 Å². The fourth-order valence-electron chi connectivity index (χ4n) is 11.1. The largest absolute Gasteiger partial charge is 0.456 e. The van der Waals surface area contributed by atoms with E-state index in [4.69, 9.17) is 14.4 Å². The Morgan fingerprint density at radius 2 is 0.968 bits per heavy atom. The van der Waals surface area contributed by atoms with E-state index >= 15 is 0 Å². The number of rotatable bonds is 4. The van der Waals surface area contributed by atoms with Crippen LogP contribution in [-0.2, 0) is 5.41 Å². The number of hydrogen-bond acceptors (Lipinski definition) is 3. The fraction of sp³-hybridized carbons (Fsp3) is 0.0169. The molecule has 3 heterocycles. The molecule has 0 saturated heterocycles. The van der Waals surface area contributed by atoms with Crippen molar-refractivity contribution in [2.24, 2.45) is 0 Å². The summed E-state index contributed by atoms with van der Waals surface area (Å²) in [5.74, 6) is 1.50. The number of hydrogen-bond donors (Lipinski definition) is 0. The van der Waals surface area contributed by atoms with Crippen LogP contribution in [0, 0.1) is 0 Å². The number of nitrogens with zero attached hydrogens (tertiary/aromatic N) is 3. The first-order valence-corrected chi connectivity index (χ1v) is 21.6. The summed E-state index contributed by atoms with van der Waals surface area (Å²) in [6.45, 7) is 0. The second-order valence-electron chi connectivity index (χ2n) is 16.8. The zero-order chi connectivity index (χ0) is 41.2. The molecule has 12 aromatic rings. The molecule has 1 spiro atoms. The van der Waals surface area contributed by atoms with Crippen molar-refractivity contribution in [2.75, 3.05) is 0 Å². The average Bonchev–Trinajstić information content (AvgIpc) is 4.07.